The van der Waals surface area contributed by atoms with Crippen LogP contribution in [0.2, 0.25) is 0 Å². The van der Waals surface area contributed by atoms with E-state index >= 15 is 0 Å². The van der Waals surface area contributed by atoms with E-state index in [-0.39, 0.29) is 11.5 Å². The van der Waals surface area contributed by atoms with Gasteiger partial charge in [0.1, 0.15) is 6.54 Å². The molecule has 0 spiro atoms. The van der Waals surface area contributed by atoms with Gasteiger partial charge in [-0.25, -0.2) is 0 Å². The van der Waals surface area contributed by atoms with E-state index in [1.54, 1.807) is 0 Å². The number of nitrogens with zero attached hydrogens (tertiary/aromatic N) is 2. The molecule has 5 aromatic rings. The molecule has 0 unspecified atom stereocenters. The first kappa shape index (κ1) is 28.3. The number of aryl methyl sites for hydroxylation is 1. The highest BCUT2D eigenvalue weighted by Gasteiger charge is 2.34. The number of benzene rings is 4. The Balaban J connectivity index is 1.33. The van der Waals surface area contributed by atoms with E-state index in [0.29, 0.717) is 11.1 Å². The fourth-order valence-electron chi connectivity index (χ4n) is 7.23. The Morgan fingerprint density at radius 3 is 2.18 bits per heavy atom. The molecule has 0 N–H and O–H groups in total. The van der Waals surface area contributed by atoms with Gasteiger partial charge in [0.05, 0.1) is 10.9 Å². The van der Waals surface area contributed by atoms with Crippen LogP contribution >= 0.6 is 0 Å². The minimum Gasteiger partial charge on any atom is -0.871 e. The Morgan fingerprint density at radius 1 is 0.750 bits per heavy atom. The summed E-state index contributed by atoms with van der Waals surface area (Å²) in [5.74, 6) is -0.309. The highest BCUT2D eigenvalue weighted by Crippen LogP contribution is 2.37. The van der Waals surface area contributed by atoms with Gasteiger partial charge in [-0.05, 0) is 41.8 Å². The van der Waals surface area contributed by atoms with Crippen molar-refractivity contribution in [3.8, 4) is 0 Å². The lowest BCUT2D eigenvalue weighted by Gasteiger charge is -2.28. The maximum atomic E-state index is 13.8. The molecule has 1 aromatic heterocycles. The first-order valence-electron chi connectivity index (χ1n) is 16.5. The lowest BCUT2D eigenvalue weighted by Crippen LogP contribution is -2.32. The van der Waals surface area contributed by atoms with E-state index in [1.165, 1.54) is 58.4 Å². The van der Waals surface area contributed by atoms with Crippen molar-refractivity contribution in [2.24, 2.45) is 0 Å². The van der Waals surface area contributed by atoms with Crippen molar-refractivity contribution in [3.05, 3.63) is 107 Å². The van der Waals surface area contributed by atoms with Crippen molar-refractivity contribution in [2.75, 3.05) is 6.54 Å². The monoisotopic (exact) mass is 580 g/mol. The summed E-state index contributed by atoms with van der Waals surface area (Å²) >= 11 is 0. The lowest BCUT2D eigenvalue weighted by molar-refractivity contribution is -0.436. The van der Waals surface area contributed by atoms with Gasteiger partial charge in [-0.2, -0.15) is 4.58 Å². The number of rotatable bonds is 12. The molecule has 1 aliphatic carbocycles. The molecule has 4 nitrogen and oxygen atoms in total. The van der Waals surface area contributed by atoms with Crippen molar-refractivity contribution >= 4 is 55.7 Å². The molecule has 0 radical (unpaired) electrons. The van der Waals surface area contributed by atoms with E-state index in [2.05, 4.69) is 95.8 Å². The van der Waals surface area contributed by atoms with Crippen LogP contribution in [0.5, 0.6) is 0 Å². The fraction of sp³-hybridized carbons (Fsp3) is 0.300. The van der Waals surface area contributed by atoms with Crippen LogP contribution in [-0.4, -0.2) is 27.2 Å². The summed E-state index contributed by atoms with van der Waals surface area (Å²) < 4.78 is 4.65. The second kappa shape index (κ2) is 11.9. The van der Waals surface area contributed by atoms with E-state index < -0.39 is 0 Å². The predicted octanol–water partition coefficient (Wildman–Crippen LogP) is 7.88. The summed E-state index contributed by atoms with van der Waals surface area (Å²) in [5.41, 5.74) is 4.99. The predicted molar refractivity (Wildman–Crippen MR) is 180 cm³/mol. The van der Waals surface area contributed by atoms with E-state index in [9.17, 15) is 9.90 Å². The molecule has 0 bridgehead atoms. The topological polar surface area (TPSA) is 48.1 Å². The Bertz CT molecular complexity index is 2060. The lowest BCUT2D eigenvalue weighted by atomic mass is 9.86. The standard InChI is InChI=1S/C40H40N2O2/c1-3-5-7-9-23-41-33-21-13-17-27-15-11-19-29(37(27)33)35(41)25-31-39(43)32(40(31)44)26-36-30-20-12-16-28-18-14-22-34(38(28)30)42(36)24-10-8-6-4-2/h11-22,25-26H,3-10,23-24H2,1-2H3. The number of carbonyl (C=O) groups is 1. The number of Topliss-reactive ketones (excluding diaryl/α,β-unsaturated/α-hetero) is 1. The average molecular weight is 581 g/mol. The fourth-order valence-corrected chi connectivity index (χ4v) is 7.23. The van der Waals surface area contributed by atoms with Crippen LogP contribution in [0.3, 0.4) is 0 Å². The smallest absolute Gasteiger partial charge is 0.214 e. The van der Waals surface area contributed by atoms with Crippen LogP contribution < -0.4 is 10.5 Å². The Labute approximate surface area is 259 Å². The molecule has 0 atom stereocenters. The first-order chi connectivity index (χ1) is 21.6. The highest BCUT2D eigenvalue weighted by molar-refractivity contribution is 6.29. The molecular weight excluding hydrogens is 540 g/mol. The van der Waals surface area contributed by atoms with Crippen LogP contribution in [-0.2, 0) is 11.3 Å². The largest absolute Gasteiger partial charge is 0.871 e. The molecule has 0 amide bonds. The third-order valence-electron chi connectivity index (χ3n) is 9.49. The number of hydrogen-bond donors (Lipinski definition) is 0. The number of unbranched alkanes of at least 4 members (excludes halogenated alkanes) is 6. The number of ketones is 1. The molecule has 2 heterocycles. The van der Waals surface area contributed by atoms with Gasteiger partial charge < -0.3 is 9.67 Å². The molecule has 1 aliphatic heterocycles. The molecule has 7 rings (SSSR count). The molecule has 4 heteroatoms. The van der Waals surface area contributed by atoms with Crippen molar-refractivity contribution in [1.82, 2.24) is 4.57 Å². The maximum absolute atomic E-state index is 13.8. The van der Waals surface area contributed by atoms with Crippen molar-refractivity contribution in [2.45, 2.75) is 71.8 Å². The van der Waals surface area contributed by atoms with Gasteiger partial charge in [0, 0.05) is 57.9 Å². The minimum atomic E-state index is -0.155. The third-order valence-corrected chi connectivity index (χ3v) is 9.49. The number of hydrogen-bond acceptors (Lipinski definition) is 2. The van der Waals surface area contributed by atoms with Gasteiger partial charge >= 0.3 is 0 Å². The molecule has 222 valence electrons. The quantitative estimate of drug-likeness (QED) is 0.0856. The van der Waals surface area contributed by atoms with E-state index in [0.717, 1.165) is 60.8 Å². The number of aromatic nitrogens is 1. The number of allylic oxidation sites excluding steroid dienone is 3. The summed E-state index contributed by atoms with van der Waals surface area (Å²) in [7, 11) is 0. The molecule has 44 heavy (non-hydrogen) atoms. The normalized spacial score (nSPS) is 16.1. The van der Waals surface area contributed by atoms with Gasteiger partial charge in [0.2, 0.25) is 11.4 Å². The number of carbonyl (C=O) groups excluding carboxylic acids is 1. The summed E-state index contributed by atoms with van der Waals surface area (Å²) in [4.78, 5) is 13.8. The molecule has 0 fully saturated rings. The summed E-state index contributed by atoms with van der Waals surface area (Å²) in [6.45, 7) is 6.18. The van der Waals surface area contributed by atoms with Crippen LogP contribution in [0.25, 0.3) is 38.5 Å². The SMILES string of the molecule is CCCCCCn1/c(=C/C2=C([O-])C(=C\C3=[N+](CCCCCC)c4cccc5cccc3c45)/C2=O)c2cccc3cccc1c32. The van der Waals surface area contributed by atoms with Gasteiger partial charge in [-0.1, -0.05) is 106 Å². The summed E-state index contributed by atoms with van der Waals surface area (Å²) in [5, 5.41) is 20.6. The van der Waals surface area contributed by atoms with Gasteiger partial charge in [-0.3, -0.25) is 4.79 Å². The van der Waals surface area contributed by atoms with Gasteiger partial charge in [0.15, 0.2) is 5.78 Å². The Kier molecular flexibility index (Phi) is 7.68. The Hall–Kier alpha value is -4.44. The highest BCUT2D eigenvalue weighted by atomic mass is 16.3. The third kappa shape index (κ3) is 4.68. The molecular formula is C40H40N2O2. The van der Waals surface area contributed by atoms with Crippen LogP contribution in [0.1, 0.15) is 70.8 Å². The first-order valence-corrected chi connectivity index (χ1v) is 16.5. The van der Waals surface area contributed by atoms with Crippen LogP contribution in [0, 0.1) is 0 Å². The average Bonchev–Trinajstić information content (AvgIpc) is 3.52. The van der Waals surface area contributed by atoms with Gasteiger partial charge in [-0.15, -0.1) is 0 Å². The zero-order valence-electron chi connectivity index (χ0n) is 25.9. The van der Waals surface area contributed by atoms with Crippen molar-refractivity contribution in [3.63, 3.8) is 0 Å². The van der Waals surface area contributed by atoms with E-state index in [4.69, 9.17) is 0 Å². The molecule has 4 aromatic carbocycles. The van der Waals surface area contributed by atoms with Gasteiger partial charge in [0.25, 0.3) is 0 Å². The molecule has 0 saturated heterocycles. The zero-order chi connectivity index (χ0) is 30.2. The molecule has 2 aliphatic rings. The second-order valence-corrected chi connectivity index (χ2v) is 12.3. The zero-order valence-corrected chi connectivity index (χ0v) is 25.9. The molecule has 0 saturated carbocycles. The van der Waals surface area contributed by atoms with E-state index in [1.807, 2.05) is 12.2 Å². The van der Waals surface area contributed by atoms with Crippen LogP contribution in [0.4, 0.5) is 5.69 Å². The summed E-state index contributed by atoms with van der Waals surface area (Å²) in [6, 6.07) is 25.5. The summed E-state index contributed by atoms with van der Waals surface area (Å²) in [6.07, 6.45) is 13.0. The van der Waals surface area contributed by atoms with Crippen molar-refractivity contribution in [1.29, 1.82) is 0 Å². The Morgan fingerprint density at radius 2 is 1.43 bits per heavy atom. The second-order valence-electron chi connectivity index (χ2n) is 12.3. The van der Waals surface area contributed by atoms with Crippen molar-refractivity contribution < 1.29 is 14.5 Å². The minimum absolute atomic E-state index is 0.155. The van der Waals surface area contributed by atoms with Crippen LogP contribution in [0.15, 0.2) is 95.8 Å². The maximum Gasteiger partial charge on any atom is 0.214 e.